The number of aromatic nitrogens is 3. The lowest BCUT2D eigenvalue weighted by molar-refractivity contribution is 0.0949. The number of hydrogen-bond acceptors (Lipinski definition) is 4. The Morgan fingerprint density at radius 3 is 2.94 bits per heavy atom. The van der Waals surface area contributed by atoms with Crippen LogP contribution in [0.4, 0.5) is 0 Å². The minimum Gasteiger partial charge on any atom is -0.494 e. The maximum absolute atomic E-state index is 11.6. The predicted octanol–water partition coefficient (Wildman–Crippen LogP) is -0.266. The van der Waals surface area contributed by atoms with Crippen molar-refractivity contribution in [3.8, 4) is 5.88 Å². The van der Waals surface area contributed by atoms with Gasteiger partial charge in [0.2, 0.25) is 0 Å². The van der Waals surface area contributed by atoms with Gasteiger partial charge in [-0.15, -0.1) is 0 Å². The Bertz CT molecular complexity index is 573. The summed E-state index contributed by atoms with van der Waals surface area (Å²) in [5, 5.41) is 11.7. The lowest BCUT2D eigenvalue weighted by Gasteiger charge is -2.03. The zero-order valence-electron chi connectivity index (χ0n) is 8.73. The van der Waals surface area contributed by atoms with Crippen molar-refractivity contribution < 1.29 is 9.90 Å². The van der Waals surface area contributed by atoms with Crippen molar-refractivity contribution in [2.45, 2.75) is 6.54 Å². The summed E-state index contributed by atoms with van der Waals surface area (Å²) in [6, 6.07) is 2.29. The minimum atomic E-state index is -0.534. The summed E-state index contributed by atoms with van der Waals surface area (Å²) in [4.78, 5) is 31.6. The van der Waals surface area contributed by atoms with Crippen LogP contribution >= 0.6 is 0 Å². The van der Waals surface area contributed by atoms with Crippen LogP contribution in [-0.2, 0) is 6.54 Å². The van der Waals surface area contributed by atoms with Crippen molar-refractivity contribution in [1.29, 1.82) is 0 Å². The highest BCUT2D eigenvalue weighted by Gasteiger charge is 2.08. The number of H-pyrrole nitrogens is 2. The Labute approximate surface area is 95.5 Å². The second-order valence-electron chi connectivity index (χ2n) is 3.34. The Balaban J connectivity index is 2.07. The molecule has 0 aliphatic carbocycles. The first-order valence-corrected chi connectivity index (χ1v) is 4.85. The molecule has 4 N–H and O–H groups in total. The molecule has 0 saturated carbocycles. The fraction of sp³-hybridized carbons (Fsp3) is 0.100. The van der Waals surface area contributed by atoms with E-state index in [4.69, 9.17) is 5.11 Å². The molecule has 7 nitrogen and oxygen atoms in total. The molecule has 0 atom stereocenters. The molecular formula is C10H10N4O3. The Hall–Kier alpha value is -2.57. The van der Waals surface area contributed by atoms with Crippen molar-refractivity contribution in [2.24, 2.45) is 0 Å². The first-order valence-electron chi connectivity index (χ1n) is 4.85. The number of aromatic amines is 2. The molecule has 7 heteroatoms. The molecule has 0 aliphatic heterocycles. The molecule has 2 rings (SSSR count). The maximum Gasteiger partial charge on any atom is 0.252 e. The minimum absolute atomic E-state index is 0.0952. The summed E-state index contributed by atoms with van der Waals surface area (Å²) in [7, 11) is 0. The van der Waals surface area contributed by atoms with Gasteiger partial charge in [0.1, 0.15) is 5.82 Å². The van der Waals surface area contributed by atoms with Crippen molar-refractivity contribution >= 4 is 5.91 Å². The van der Waals surface area contributed by atoms with Crippen LogP contribution in [-0.4, -0.2) is 26.0 Å². The molecule has 0 fully saturated rings. The van der Waals surface area contributed by atoms with Crippen LogP contribution in [0.5, 0.6) is 5.88 Å². The van der Waals surface area contributed by atoms with Crippen LogP contribution in [0.15, 0.2) is 29.3 Å². The molecule has 2 aromatic rings. The third-order valence-corrected chi connectivity index (χ3v) is 2.06. The van der Waals surface area contributed by atoms with Crippen molar-refractivity contribution in [3.05, 3.63) is 46.3 Å². The Morgan fingerprint density at radius 2 is 2.29 bits per heavy atom. The molecule has 17 heavy (non-hydrogen) atoms. The van der Waals surface area contributed by atoms with Gasteiger partial charge < -0.3 is 15.4 Å². The maximum atomic E-state index is 11.6. The van der Waals surface area contributed by atoms with Gasteiger partial charge in [0.05, 0.1) is 12.1 Å². The molecule has 0 radical (unpaired) electrons. The van der Waals surface area contributed by atoms with Crippen molar-refractivity contribution in [2.75, 3.05) is 0 Å². The molecule has 0 bridgehead atoms. The third kappa shape index (κ3) is 2.71. The van der Waals surface area contributed by atoms with Crippen LogP contribution in [0, 0.1) is 0 Å². The van der Waals surface area contributed by atoms with Crippen LogP contribution in [0.2, 0.25) is 0 Å². The zero-order valence-corrected chi connectivity index (χ0v) is 8.73. The van der Waals surface area contributed by atoms with Gasteiger partial charge in [-0.1, -0.05) is 0 Å². The molecule has 0 aliphatic rings. The highest BCUT2D eigenvalue weighted by Crippen LogP contribution is 2.04. The van der Waals surface area contributed by atoms with E-state index in [1.54, 1.807) is 12.4 Å². The number of carbonyl (C=O) groups is 1. The summed E-state index contributed by atoms with van der Waals surface area (Å²) < 4.78 is 0. The van der Waals surface area contributed by atoms with Crippen molar-refractivity contribution in [3.63, 3.8) is 0 Å². The number of pyridine rings is 1. The summed E-state index contributed by atoms with van der Waals surface area (Å²) >= 11 is 0. The van der Waals surface area contributed by atoms with Gasteiger partial charge in [-0.2, -0.15) is 0 Å². The highest BCUT2D eigenvalue weighted by molar-refractivity contribution is 5.94. The number of rotatable bonds is 3. The van der Waals surface area contributed by atoms with Gasteiger partial charge in [-0.3, -0.25) is 14.6 Å². The Morgan fingerprint density at radius 1 is 1.47 bits per heavy atom. The zero-order chi connectivity index (χ0) is 12.3. The fourth-order valence-corrected chi connectivity index (χ4v) is 1.32. The van der Waals surface area contributed by atoms with E-state index in [-0.39, 0.29) is 18.0 Å². The first kappa shape index (κ1) is 10.9. The molecule has 0 saturated heterocycles. The molecule has 2 aromatic heterocycles. The average molecular weight is 234 g/mol. The van der Waals surface area contributed by atoms with Gasteiger partial charge in [-0.05, 0) is 0 Å². The standard InChI is InChI=1S/C10H10N4O3/c15-8-3-6(4-9(16)14-8)10(17)13-5-7-11-1-2-12-7/h1-4H,5H2,(H,11,12)(H,13,17)(H2,14,15,16). The topological polar surface area (TPSA) is 111 Å². The van der Waals surface area contributed by atoms with Crippen LogP contribution in [0.25, 0.3) is 0 Å². The van der Waals surface area contributed by atoms with E-state index in [1.807, 2.05) is 0 Å². The van der Waals surface area contributed by atoms with Crippen molar-refractivity contribution in [1.82, 2.24) is 20.3 Å². The lowest BCUT2D eigenvalue weighted by Crippen LogP contribution is -2.24. The number of hydrogen-bond donors (Lipinski definition) is 4. The molecule has 1 amide bonds. The predicted molar refractivity (Wildman–Crippen MR) is 58.5 cm³/mol. The quantitative estimate of drug-likeness (QED) is 0.586. The first-order chi connectivity index (χ1) is 8.15. The number of carbonyl (C=O) groups excluding carboxylic acids is 1. The van der Waals surface area contributed by atoms with E-state index in [9.17, 15) is 9.59 Å². The Kier molecular flexibility index (Phi) is 2.91. The van der Waals surface area contributed by atoms with Gasteiger partial charge in [-0.25, -0.2) is 4.98 Å². The van der Waals surface area contributed by atoms with E-state index >= 15 is 0 Å². The number of aromatic hydroxyl groups is 1. The van der Waals surface area contributed by atoms with E-state index in [0.29, 0.717) is 5.82 Å². The van der Waals surface area contributed by atoms with Gasteiger partial charge in [0.15, 0.2) is 5.88 Å². The second kappa shape index (κ2) is 4.52. The van der Waals surface area contributed by atoms with Gasteiger partial charge in [0, 0.05) is 24.5 Å². The van der Waals surface area contributed by atoms with Gasteiger partial charge >= 0.3 is 0 Å². The molecule has 0 aromatic carbocycles. The average Bonchev–Trinajstić information content (AvgIpc) is 2.77. The number of nitrogens with zero attached hydrogens (tertiary/aromatic N) is 1. The van der Waals surface area contributed by atoms with Crippen LogP contribution in [0.1, 0.15) is 16.2 Å². The molecular weight excluding hydrogens is 224 g/mol. The van der Waals surface area contributed by atoms with E-state index in [0.717, 1.165) is 6.07 Å². The molecule has 0 unspecified atom stereocenters. The highest BCUT2D eigenvalue weighted by atomic mass is 16.3. The SMILES string of the molecule is O=C(NCc1ncc[nH]1)c1cc(O)[nH]c(=O)c1. The summed E-state index contributed by atoms with van der Waals surface area (Å²) in [5.74, 6) is -0.198. The largest absolute Gasteiger partial charge is 0.494 e. The smallest absolute Gasteiger partial charge is 0.252 e. The van der Waals surface area contributed by atoms with Crippen LogP contribution in [0.3, 0.4) is 0 Å². The lowest BCUT2D eigenvalue weighted by atomic mass is 10.2. The summed E-state index contributed by atoms with van der Waals surface area (Å²) in [6.45, 7) is 0.222. The number of nitrogens with one attached hydrogen (secondary N) is 3. The molecule has 88 valence electrons. The summed E-state index contributed by atoms with van der Waals surface area (Å²) in [5.41, 5.74) is -0.439. The molecule has 0 spiro atoms. The van der Waals surface area contributed by atoms with Gasteiger partial charge in [0.25, 0.3) is 11.5 Å². The van der Waals surface area contributed by atoms with E-state index in [2.05, 4.69) is 20.3 Å². The number of amides is 1. The normalized spacial score (nSPS) is 10.1. The van der Waals surface area contributed by atoms with E-state index in [1.165, 1.54) is 6.07 Å². The third-order valence-electron chi connectivity index (χ3n) is 2.06. The monoisotopic (exact) mass is 234 g/mol. The van der Waals surface area contributed by atoms with E-state index < -0.39 is 11.5 Å². The number of imidazole rings is 1. The molecule has 2 heterocycles. The summed E-state index contributed by atoms with van der Waals surface area (Å²) in [6.07, 6.45) is 3.21. The second-order valence-corrected chi connectivity index (χ2v) is 3.34. The van der Waals surface area contributed by atoms with Crippen LogP contribution < -0.4 is 10.9 Å². The fourth-order valence-electron chi connectivity index (χ4n) is 1.32.